The Morgan fingerprint density at radius 3 is 3.04 bits per heavy atom. The van der Waals surface area contributed by atoms with Crippen LogP contribution < -0.4 is 4.74 Å². The van der Waals surface area contributed by atoms with Crippen LogP contribution in [0.25, 0.3) is 11.0 Å². The van der Waals surface area contributed by atoms with Crippen LogP contribution in [0.5, 0.6) is 5.75 Å². The third-order valence-corrected chi connectivity index (χ3v) is 4.92. The number of ether oxygens (including phenoxy) is 1. The molecule has 1 aliphatic rings. The van der Waals surface area contributed by atoms with Crippen LogP contribution in [0.3, 0.4) is 0 Å². The van der Waals surface area contributed by atoms with Crippen molar-refractivity contribution in [1.82, 2.24) is 14.7 Å². The van der Waals surface area contributed by atoms with Gasteiger partial charge >= 0.3 is 0 Å². The molecule has 130 valence electrons. The van der Waals surface area contributed by atoms with Gasteiger partial charge in [-0.05, 0) is 44.0 Å². The SMILES string of the molecule is COc1ccc2oc(C(=O)N3CCC[C@H](n4cccn4)C3)c(C)c2c1. The Hall–Kier alpha value is -2.76. The predicted octanol–water partition coefficient (Wildman–Crippen LogP) is 3.42. The molecule has 0 unspecified atom stereocenters. The highest BCUT2D eigenvalue weighted by Gasteiger charge is 2.29. The summed E-state index contributed by atoms with van der Waals surface area (Å²) in [5, 5.41) is 5.24. The van der Waals surface area contributed by atoms with Gasteiger partial charge in [-0.2, -0.15) is 5.10 Å². The summed E-state index contributed by atoms with van der Waals surface area (Å²) in [6, 6.07) is 7.73. The van der Waals surface area contributed by atoms with Crippen LogP contribution in [0, 0.1) is 6.92 Å². The monoisotopic (exact) mass is 339 g/mol. The number of carbonyl (C=O) groups is 1. The number of rotatable bonds is 3. The minimum absolute atomic E-state index is 0.0514. The summed E-state index contributed by atoms with van der Waals surface area (Å²) >= 11 is 0. The van der Waals surface area contributed by atoms with Gasteiger partial charge in [-0.15, -0.1) is 0 Å². The Labute approximate surface area is 146 Å². The van der Waals surface area contributed by atoms with E-state index < -0.39 is 0 Å². The molecule has 0 N–H and O–H groups in total. The fraction of sp³-hybridized carbons (Fsp3) is 0.368. The van der Waals surface area contributed by atoms with E-state index in [1.807, 2.05) is 47.0 Å². The van der Waals surface area contributed by atoms with Crippen LogP contribution in [0.4, 0.5) is 0 Å². The molecule has 0 radical (unpaired) electrons. The minimum atomic E-state index is -0.0514. The molecule has 2 aromatic heterocycles. The molecule has 0 saturated carbocycles. The van der Waals surface area contributed by atoms with Gasteiger partial charge in [0.2, 0.25) is 0 Å². The molecule has 0 aliphatic carbocycles. The van der Waals surface area contributed by atoms with E-state index in [-0.39, 0.29) is 11.9 Å². The smallest absolute Gasteiger partial charge is 0.289 e. The summed E-state index contributed by atoms with van der Waals surface area (Å²) in [5.41, 5.74) is 1.57. The van der Waals surface area contributed by atoms with Gasteiger partial charge in [-0.3, -0.25) is 9.48 Å². The zero-order chi connectivity index (χ0) is 17.4. The standard InChI is InChI=1S/C19H21N3O3/c1-13-16-11-15(24-2)6-7-17(16)25-18(13)19(23)21-9-3-5-14(12-21)22-10-4-8-20-22/h4,6-8,10-11,14H,3,5,9,12H2,1-2H3/t14-/m0/s1. The molecule has 3 aromatic rings. The molecule has 6 heteroatoms. The van der Waals surface area contributed by atoms with Gasteiger partial charge in [0.15, 0.2) is 5.76 Å². The van der Waals surface area contributed by atoms with Crippen molar-refractivity contribution in [2.75, 3.05) is 20.2 Å². The van der Waals surface area contributed by atoms with Gasteiger partial charge in [0.05, 0.1) is 13.2 Å². The number of aromatic nitrogens is 2. The lowest BCUT2D eigenvalue weighted by Crippen LogP contribution is -2.40. The predicted molar refractivity (Wildman–Crippen MR) is 93.9 cm³/mol. The fourth-order valence-corrected chi connectivity index (χ4v) is 3.53. The molecule has 0 bridgehead atoms. The number of fused-ring (bicyclic) bond motifs is 1. The molecule has 3 heterocycles. The van der Waals surface area contributed by atoms with Gasteiger partial charge < -0.3 is 14.1 Å². The fourth-order valence-electron chi connectivity index (χ4n) is 3.53. The largest absolute Gasteiger partial charge is 0.497 e. The molecular formula is C19H21N3O3. The number of amides is 1. The van der Waals surface area contributed by atoms with Crippen molar-refractivity contribution in [2.45, 2.75) is 25.8 Å². The Morgan fingerprint density at radius 1 is 1.40 bits per heavy atom. The number of carbonyl (C=O) groups excluding carboxylic acids is 1. The lowest BCUT2D eigenvalue weighted by atomic mass is 10.0. The maximum atomic E-state index is 13.0. The molecule has 1 aliphatic heterocycles. The molecule has 6 nitrogen and oxygen atoms in total. The number of aryl methyl sites for hydroxylation is 1. The van der Waals surface area contributed by atoms with Crippen molar-refractivity contribution in [3.8, 4) is 5.75 Å². The summed E-state index contributed by atoms with van der Waals surface area (Å²) in [7, 11) is 1.63. The Bertz CT molecular complexity index is 898. The average molecular weight is 339 g/mol. The molecule has 1 aromatic carbocycles. The summed E-state index contributed by atoms with van der Waals surface area (Å²) < 4.78 is 13.1. The highest BCUT2D eigenvalue weighted by atomic mass is 16.5. The first-order valence-electron chi connectivity index (χ1n) is 8.53. The first-order chi connectivity index (χ1) is 12.2. The number of hydrogen-bond donors (Lipinski definition) is 0. The van der Waals surface area contributed by atoms with Crippen LogP contribution >= 0.6 is 0 Å². The Morgan fingerprint density at radius 2 is 2.28 bits per heavy atom. The number of methoxy groups -OCH3 is 1. The molecule has 25 heavy (non-hydrogen) atoms. The third kappa shape index (κ3) is 2.77. The maximum Gasteiger partial charge on any atom is 0.289 e. The number of furan rings is 1. The molecule has 1 saturated heterocycles. The summed E-state index contributed by atoms with van der Waals surface area (Å²) in [4.78, 5) is 14.9. The highest BCUT2D eigenvalue weighted by Crippen LogP contribution is 2.30. The topological polar surface area (TPSA) is 60.5 Å². The highest BCUT2D eigenvalue weighted by molar-refractivity contribution is 5.99. The van der Waals surface area contributed by atoms with E-state index in [9.17, 15) is 4.79 Å². The van der Waals surface area contributed by atoms with Crippen molar-refractivity contribution in [2.24, 2.45) is 0 Å². The van der Waals surface area contributed by atoms with E-state index in [2.05, 4.69) is 5.10 Å². The number of piperidine rings is 1. The van der Waals surface area contributed by atoms with E-state index in [0.29, 0.717) is 17.9 Å². The second-order valence-corrected chi connectivity index (χ2v) is 6.45. The quantitative estimate of drug-likeness (QED) is 0.733. The molecule has 1 fully saturated rings. The van der Waals surface area contributed by atoms with Gasteiger partial charge in [0.25, 0.3) is 5.91 Å². The van der Waals surface area contributed by atoms with Crippen LogP contribution in [0.1, 0.15) is 35.0 Å². The zero-order valence-electron chi connectivity index (χ0n) is 14.4. The Balaban J connectivity index is 1.62. The summed E-state index contributed by atoms with van der Waals surface area (Å²) in [6.45, 7) is 3.32. The van der Waals surface area contributed by atoms with E-state index in [1.54, 1.807) is 13.3 Å². The summed E-state index contributed by atoms with van der Waals surface area (Å²) in [6.07, 6.45) is 5.72. The second kappa shape index (κ2) is 6.27. The van der Waals surface area contributed by atoms with E-state index in [4.69, 9.17) is 9.15 Å². The first kappa shape index (κ1) is 15.7. The first-order valence-corrected chi connectivity index (χ1v) is 8.53. The summed E-state index contributed by atoms with van der Waals surface area (Å²) in [5.74, 6) is 1.13. The lowest BCUT2D eigenvalue weighted by molar-refractivity contribution is 0.0642. The minimum Gasteiger partial charge on any atom is -0.497 e. The number of likely N-dealkylation sites (tertiary alicyclic amines) is 1. The van der Waals surface area contributed by atoms with Crippen LogP contribution in [0.15, 0.2) is 41.1 Å². The normalized spacial score (nSPS) is 17.8. The number of hydrogen-bond acceptors (Lipinski definition) is 4. The van der Waals surface area contributed by atoms with Crippen molar-refractivity contribution < 1.29 is 13.9 Å². The van der Waals surface area contributed by atoms with Gasteiger partial charge in [-0.25, -0.2) is 0 Å². The van der Waals surface area contributed by atoms with Crippen LogP contribution in [0.2, 0.25) is 0 Å². The third-order valence-electron chi connectivity index (χ3n) is 4.92. The second-order valence-electron chi connectivity index (χ2n) is 6.45. The molecule has 0 spiro atoms. The lowest BCUT2D eigenvalue weighted by Gasteiger charge is -2.32. The molecule has 1 amide bonds. The maximum absolute atomic E-state index is 13.0. The number of nitrogens with zero attached hydrogens (tertiary/aromatic N) is 3. The van der Waals surface area contributed by atoms with Crippen molar-refractivity contribution in [3.05, 3.63) is 48.0 Å². The van der Waals surface area contributed by atoms with Crippen molar-refractivity contribution in [3.63, 3.8) is 0 Å². The molecule has 4 rings (SSSR count). The molecular weight excluding hydrogens is 318 g/mol. The van der Waals surface area contributed by atoms with Gasteiger partial charge in [0, 0.05) is 36.4 Å². The van der Waals surface area contributed by atoms with Gasteiger partial charge in [-0.1, -0.05) is 0 Å². The van der Waals surface area contributed by atoms with Crippen molar-refractivity contribution >= 4 is 16.9 Å². The zero-order valence-corrected chi connectivity index (χ0v) is 14.4. The van der Waals surface area contributed by atoms with E-state index in [1.165, 1.54) is 0 Å². The van der Waals surface area contributed by atoms with Gasteiger partial charge in [0.1, 0.15) is 11.3 Å². The Kier molecular flexibility index (Phi) is 3.95. The van der Waals surface area contributed by atoms with Crippen LogP contribution in [-0.2, 0) is 0 Å². The number of benzene rings is 1. The van der Waals surface area contributed by atoms with E-state index >= 15 is 0 Å². The van der Waals surface area contributed by atoms with Crippen LogP contribution in [-0.4, -0.2) is 40.8 Å². The van der Waals surface area contributed by atoms with E-state index in [0.717, 1.165) is 36.1 Å². The van der Waals surface area contributed by atoms with Crippen molar-refractivity contribution in [1.29, 1.82) is 0 Å². The average Bonchev–Trinajstić information content (AvgIpc) is 3.30. The molecule has 1 atom stereocenters.